The number of anilines is 3. The third kappa shape index (κ3) is 4.11. The third-order valence-electron chi connectivity index (χ3n) is 4.89. The highest BCUT2D eigenvalue weighted by Gasteiger charge is 2.19. The highest BCUT2D eigenvalue weighted by atomic mass is 16.1. The van der Waals surface area contributed by atoms with Gasteiger partial charge in [0.2, 0.25) is 5.95 Å². The molecule has 1 saturated heterocycles. The lowest BCUT2D eigenvalue weighted by Gasteiger charge is -2.36. The zero-order valence-electron chi connectivity index (χ0n) is 15.9. The Morgan fingerprint density at radius 3 is 2.11 bits per heavy atom. The molecule has 1 N–H and O–H groups in total. The van der Waals surface area contributed by atoms with Crippen LogP contribution in [0.25, 0.3) is 0 Å². The predicted molar refractivity (Wildman–Crippen MR) is 112 cm³/mol. The van der Waals surface area contributed by atoms with E-state index in [4.69, 9.17) is 0 Å². The molecule has 1 amide bonds. The number of carbonyl (C=O) groups excluding carboxylic acids is 1. The van der Waals surface area contributed by atoms with Crippen molar-refractivity contribution in [1.82, 2.24) is 9.97 Å². The van der Waals surface area contributed by atoms with Crippen molar-refractivity contribution < 1.29 is 4.79 Å². The van der Waals surface area contributed by atoms with Crippen molar-refractivity contribution in [2.75, 3.05) is 41.3 Å². The number of benzene rings is 2. The first-order valence-electron chi connectivity index (χ1n) is 9.44. The maximum absolute atomic E-state index is 12.3. The first-order valence-corrected chi connectivity index (χ1v) is 9.44. The van der Waals surface area contributed by atoms with E-state index in [1.807, 2.05) is 37.3 Å². The number of amides is 1. The number of aryl methyl sites for hydroxylation is 1. The molecule has 0 spiro atoms. The lowest BCUT2D eigenvalue weighted by molar-refractivity contribution is 0.102. The zero-order valence-corrected chi connectivity index (χ0v) is 15.9. The molecule has 28 heavy (non-hydrogen) atoms. The Labute approximate surface area is 164 Å². The molecule has 6 nitrogen and oxygen atoms in total. The minimum Gasteiger partial charge on any atom is -0.368 e. The molecule has 4 rings (SSSR count). The van der Waals surface area contributed by atoms with Gasteiger partial charge < -0.3 is 15.1 Å². The number of rotatable bonds is 4. The molecule has 1 aromatic heterocycles. The van der Waals surface area contributed by atoms with E-state index in [-0.39, 0.29) is 5.91 Å². The van der Waals surface area contributed by atoms with Gasteiger partial charge in [-0.3, -0.25) is 4.79 Å². The lowest BCUT2D eigenvalue weighted by Crippen LogP contribution is -2.47. The van der Waals surface area contributed by atoms with Gasteiger partial charge in [0.25, 0.3) is 5.91 Å². The topological polar surface area (TPSA) is 61.4 Å². The van der Waals surface area contributed by atoms with Gasteiger partial charge in [-0.05, 0) is 31.2 Å². The minimum absolute atomic E-state index is 0.159. The van der Waals surface area contributed by atoms with Gasteiger partial charge >= 0.3 is 0 Å². The van der Waals surface area contributed by atoms with E-state index in [0.717, 1.165) is 31.7 Å². The van der Waals surface area contributed by atoms with Gasteiger partial charge in [0.15, 0.2) is 0 Å². The Balaban J connectivity index is 1.35. The summed E-state index contributed by atoms with van der Waals surface area (Å²) >= 11 is 0. The molecule has 2 heterocycles. The van der Waals surface area contributed by atoms with Crippen LogP contribution in [0.15, 0.2) is 67.0 Å². The van der Waals surface area contributed by atoms with Crippen LogP contribution in [0.5, 0.6) is 0 Å². The molecule has 0 bridgehead atoms. The van der Waals surface area contributed by atoms with Crippen LogP contribution in [-0.2, 0) is 0 Å². The fourth-order valence-corrected chi connectivity index (χ4v) is 3.26. The van der Waals surface area contributed by atoms with Crippen LogP contribution in [0.2, 0.25) is 0 Å². The summed E-state index contributed by atoms with van der Waals surface area (Å²) in [5, 5.41) is 2.85. The van der Waals surface area contributed by atoms with Gasteiger partial charge in [0, 0.05) is 37.4 Å². The van der Waals surface area contributed by atoms with Gasteiger partial charge in [0.1, 0.15) is 0 Å². The standard InChI is InChI=1S/C22H23N5O/c1-17-7-9-18(10-8-17)21(28)25-19-15-23-22(24-16-19)27-13-11-26(12-14-27)20-5-3-2-4-6-20/h2-10,15-16H,11-14H2,1H3,(H,25,28). The van der Waals surface area contributed by atoms with Crippen molar-refractivity contribution in [2.45, 2.75) is 6.92 Å². The summed E-state index contributed by atoms with van der Waals surface area (Å²) in [6.07, 6.45) is 3.33. The second kappa shape index (κ2) is 8.08. The Morgan fingerprint density at radius 1 is 0.857 bits per heavy atom. The first kappa shape index (κ1) is 18.0. The van der Waals surface area contributed by atoms with Crippen molar-refractivity contribution in [3.63, 3.8) is 0 Å². The van der Waals surface area contributed by atoms with E-state index in [0.29, 0.717) is 17.2 Å². The van der Waals surface area contributed by atoms with Crippen LogP contribution in [0.4, 0.5) is 17.3 Å². The molecular formula is C22H23N5O. The number of nitrogens with zero attached hydrogens (tertiary/aromatic N) is 4. The molecule has 3 aromatic rings. The summed E-state index contributed by atoms with van der Waals surface area (Å²) in [5.41, 5.74) is 3.58. The molecule has 1 aliphatic rings. The molecule has 142 valence electrons. The largest absolute Gasteiger partial charge is 0.368 e. The van der Waals surface area contributed by atoms with Gasteiger partial charge in [-0.15, -0.1) is 0 Å². The smallest absolute Gasteiger partial charge is 0.255 e. The Morgan fingerprint density at radius 2 is 1.46 bits per heavy atom. The molecule has 6 heteroatoms. The fraction of sp³-hybridized carbons (Fsp3) is 0.227. The first-order chi connectivity index (χ1) is 13.7. The van der Waals surface area contributed by atoms with Crippen LogP contribution < -0.4 is 15.1 Å². The number of piperazine rings is 1. The summed E-state index contributed by atoms with van der Waals surface area (Å²) in [4.78, 5) is 25.7. The average molecular weight is 373 g/mol. The van der Waals surface area contributed by atoms with E-state index in [2.05, 4.69) is 49.4 Å². The number of aromatic nitrogens is 2. The molecule has 2 aromatic carbocycles. The minimum atomic E-state index is -0.159. The molecule has 0 unspecified atom stereocenters. The molecule has 0 aliphatic carbocycles. The summed E-state index contributed by atoms with van der Waals surface area (Å²) in [5.74, 6) is 0.536. The maximum Gasteiger partial charge on any atom is 0.255 e. The maximum atomic E-state index is 12.3. The highest BCUT2D eigenvalue weighted by molar-refractivity contribution is 6.04. The van der Waals surface area contributed by atoms with Crippen molar-refractivity contribution in [3.05, 3.63) is 78.1 Å². The number of hydrogen-bond acceptors (Lipinski definition) is 5. The van der Waals surface area contributed by atoms with Crippen molar-refractivity contribution >= 4 is 23.2 Å². The molecule has 0 saturated carbocycles. The zero-order chi connectivity index (χ0) is 19.3. The number of carbonyl (C=O) groups is 1. The lowest BCUT2D eigenvalue weighted by atomic mass is 10.1. The van der Waals surface area contributed by atoms with Crippen LogP contribution in [0.1, 0.15) is 15.9 Å². The van der Waals surface area contributed by atoms with Gasteiger partial charge in [-0.1, -0.05) is 35.9 Å². The fourth-order valence-electron chi connectivity index (χ4n) is 3.26. The van der Waals surface area contributed by atoms with Crippen molar-refractivity contribution in [3.8, 4) is 0 Å². The van der Waals surface area contributed by atoms with E-state index < -0.39 is 0 Å². The van der Waals surface area contributed by atoms with Gasteiger partial charge in [0.05, 0.1) is 18.1 Å². The molecule has 1 fully saturated rings. The summed E-state index contributed by atoms with van der Waals surface area (Å²) in [7, 11) is 0. The van der Waals surface area contributed by atoms with Crippen molar-refractivity contribution in [1.29, 1.82) is 0 Å². The van der Waals surface area contributed by atoms with Crippen LogP contribution in [0, 0.1) is 6.92 Å². The second-order valence-corrected chi connectivity index (χ2v) is 6.90. The number of nitrogens with one attached hydrogen (secondary N) is 1. The molecule has 0 radical (unpaired) electrons. The summed E-state index contributed by atoms with van der Waals surface area (Å²) in [6, 6.07) is 17.9. The Kier molecular flexibility index (Phi) is 5.19. The molecular weight excluding hydrogens is 350 g/mol. The molecule has 0 atom stereocenters. The van der Waals surface area contributed by atoms with E-state index in [1.54, 1.807) is 12.4 Å². The van der Waals surface area contributed by atoms with Crippen LogP contribution in [0.3, 0.4) is 0 Å². The van der Waals surface area contributed by atoms with E-state index >= 15 is 0 Å². The predicted octanol–water partition coefficient (Wildman–Crippen LogP) is 3.36. The quantitative estimate of drug-likeness (QED) is 0.760. The number of para-hydroxylation sites is 1. The monoisotopic (exact) mass is 373 g/mol. The van der Waals surface area contributed by atoms with Crippen molar-refractivity contribution in [2.24, 2.45) is 0 Å². The Bertz CT molecular complexity index is 917. The van der Waals surface area contributed by atoms with Gasteiger partial charge in [-0.25, -0.2) is 9.97 Å². The molecule has 1 aliphatic heterocycles. The van der Waals surface area contributed by atoms with Crippen LogP contribution >= 0.6 is 0 Å². The summed E-state index contributed by atoms with van der Waals surface area (Å²) < 4.78 is 0. The summed E-state index contributed by atoms with van der Waals surface area (Å²) in [6.45, 7) is 5.58. The van der Waals surface area contributed by atoms with E-state index in [1.165, 1.54) is 5.69 Å². The average Bonchev–Trinajstić information content (AvgIpc) is 2.75. The second-order valence-electron chi connectivity index (χ2n) is 6.90. The SMILES string of the molecule is Cc1ccc(C(=O)Nc2cnc(N3CCN(c4ccccc4)CC3)nc2)cc1. The highest BCUT2D eigenvalue weighted by Crippen LogP contribution is 2.18. The number of hydrogen-bond donors (Lipinski definition) is 1. The third-order valence-corrected chi connectivity index (χ3v) is 4.89. The van der Waals surface area contributed by atoms with Gasteiger partial charge in [-0.2, -0.15) is 0 Å². The van der Waals surface area contributed by atoms with Crippen LogP contribution in [-0.4, -0.2) is 42.1 Å². The normalized spacial score (nSPS) is 14.0. The Hall–Kier alpha value is -3.41. The van der Waals surface area contributed by atoms with E-state index in [9.17, 15) is 4.79 Å².